The van der Waals surface area contributed by atoms with Crippen molar-refractivity contribution in [1.82, 2.24) is 4.90 Å². The zero-order valence-electron chi connectivity index (χ0n) is 17.3. The first-order valence-electron chi connectivity index (χ1n) is 9.80. The number of benzene rings is 2. The molecule has 0 saturated carbocycles. The van der Waals surface area contributed by atoms with Gasteiger partial charge in [0.25, 0.3) is 11.1 Å². The lowest BCUT2D eigenvalue weighted by atomic mass is 10.1. The number of hydrogen-bond donors (Lipinski definition) is 0. The zero-order chi connectivity index (χ0) is 21.5. The predicted octanol–water partition coefficient (Wildman–Crippen LogP) is 4.99. The third-order valence-corrected chi connectivity index (χ3v) is 5.53. The van der Waals surface area contributed by atoms with Crippen LogP contribution in [0.1, 0.15) is 25.8 Å². The number of carbonyl (C=O) groups excluding carboxylic acids is 2. The zero-order valence-corrected chi connectivity index (χ0v) is 18.1. The van der Waals surface area contributed by atoms with E-state index in [4.69, 9.17) is 14.2 Å². The van der Waals surface area contributed by atoms with E-state index in [9.17, 15) is 9.59 Å². The quantitative estimate of drug-likeness (QED) is 0.526. The van der Waals surface area contributed by atoms with E-state index in [-0.39, 0.29) is 30.4 Å². The second-order valence-corrected chi connectivity index (χ2v) is 7.70. The van der Waals surface area contributed by atoms with Crippen molar-refractivity contribution in [2.75, 3.05) is 20.3 Å². The number of para-hydroxylation sites is 3. The lowest BCUT2D eigenvalue weighted by molar-refractivity contribution is -0.123. The lowest BCUT2D eigenvalue weighted by Gasteiger charge is -2.15. The van der Waals surface area contributed by atoms with Crippen LogP contribution in [0.2, 0.25) is 0 Å². The normalized spacial score (nSPS) is 16.1. The molecule has 0 radical (unpaired) electrons. The maximum Gasteiger partial charge on any atom is 0.293 e. The molecule has 0 N–H and O–H groups in total. The van der Waals surface area contributed by atoms with E-state index >= 15 is 0 Å². The number of rotatable bonds is 9. The van der Waals surface area contributed by atoms with E-state index in [1.807, 2.05) is 50.2 Å². The van der Waals surface area contributed by atoms with Crippen LogP contribution in [-0.2, 0) is 4.79 Å². The van der Waals surface area contributed by atoms with Gasteiger partial charge in [-0.15, -0.1) is 0 Å². The molecule has 6 nitrogen and oxygen atoms in total. The SMILES string of the molecule is CCC(C)Oc1ccccc1/C=C1\SC(=O)N(CCOc2ccccc2OC)C1=O. The third-order valence-electron chi connectivity index (χ3n) is 4.62. The van der Waals surface area contributed by atoms with Crippen LogP contribution >= 0.6 is 11.8 Å². The van der Waals surface area contributed by atoms with E-state index in [1.165, 1.54) is 4.90 Å². The molecule has 3 rings (SSSR count). The van der Waals surface area contributed by atoms with Crippen LogP contribution in [0, 0.1) is 0 Å². The molecular weight excluding hydrogens is 402 g/mol. The fourth-order valence-corrected chi connectivity index (χ4v) is 3.68. The van der Waals surface area contributed by atoms with Gasteiger partial charge in [0.2, 0.25) is 0 Å². The lowest BCUT2D eigenvalue weighted by Crippen LogP contribution is -2.32. The van der Waals surface area contributed by atoms with Crippen LogP contribution in [0.15, 0.2) is 53.4 Å². The highest BCUT2D eigenvalue weighted by Crippen LogP contribution is 2.34. The summed E-state index contributed by atoms with van der Waals surface area (Å²) < 4.78 is 16.9. The summed E-state index contributed by atoms with van der Waals surface area (Å²) in [4.78, 5) is 26.7. The minimum Gasteiger partial charge on any atom is -0.493 e. The van der Waals surface area contributed by atoms with Gasteiger partial charge >= 0.3 is 0 Å². The van der Waals surface area contributed by atoms with Gasteiger partial charge in [0, 0.05) is 5.56 Å². The highest BCUT2D eigenvalue weighted by molar-refractivity contribution is 8.18. The Balaban J connectivity index is 1.68. The third kappa shape index (κ3) is 5.16. The van der Waals surface area contributed by atoms with Gasteiger partial charge in [-0.1, -0.05) is 37.3 Å². The molecule has 158 valence electrons. The van der Waals surface area contributed by atoms with Gasteiger partial charge in [0.1, 0.15) is 12.4 Å². The molecule has 1 aliphatic heterocycles. The summed E-state index contributed by atoms with van der Waals surface area (Å²) in [6.45, 7) is 4.38. The molecule has 0 spiro atoms. The van der Waals surface area contributed by atoms with Crippen molar-refractivity contribution in [2.45, 2.75) is 26.4 Å². The van der Waals surface area contributed by atoms with E-state index in [0.717, 1.165) is 23.7 Å². The molecule has 2 amide bonds. The topological polar surface area (TPSA) is 65.1 Å². The van der Waals surface area contributed by atoms with Crippen LogP contribution in [0.25, 0.3) is 6.08 Å². The van der Waals surface area contributed by atoms with Gasteiger partial charge < -0.3 is 14.2 Å². The Morgan fingerprint density at radius 3 is 2.40 bits per heavy atom. The van der Waals surface area contributed by atoms with Crippen LogP contribution in [-0.4, -0.2) is 42.4 Å². The predicted molar refractivity (Wildman–Crippen MR) is 118 cm³/mol. The molecule has 1 heterocycles. The largest absolute Gasteiger partial charge is 0.493 e. The first kappa shape index (κ1) is 21.8. The van der Waals surface area contributed by atoms with Crippen molar-refractivity contribution in [3.8, 4) is 17.2 Å². The summed E-state index contributed by atoms with van der Waals surface area (Å²) in [6.07, 6.45) is 2.64. The minimum atomic E-state index is -0.327. The number of methoxy groups -OCH3 is 1. The van der Waals surface area contributed by atoms with Gasteiger partial charge in [-0.2, -0.15) is 0 Å². The average molecular weight is 428 g/mol. The molecule has 0 bridgehead atoms. The molecular formula is C23H25NO5S. The number of imide groups is 1. The Morgan fingerprint density at radius 2 is 1.70 bits per heavy atom. The minimum absolute atomic E-state index is 0.0572. The second-order valence-electron chi connectivity index (χ2n) is 6.71. The molecule has 1 atom stereocenters. The molecule has 1 aliphatic rings. The maximum absolute atomic E-state index is 12.8. The summed E-state index contributed by atoms with van der Waals surface area (Å²) in [5.41, 5.74) is 0.772. The smallest absolute Gasteiger partial charge is 0.293 e. The highest BCUT2D eigenvalue weighted by atomic mass is 32.2. The summed E-state index contributed by atoms with van der Waals surface area (Å²) in [5.74, 6) is 1.54. The van der Waals surface area contributed by atoms with Crippen LogP contribution < -0.4 is 14.2 Å². The summed E-state index contributed by atoms with van der Waals surface area (Å²) in [7, 11) is 1.56. The van der Waals surface area contributed by atoms with Crippen LogP contribution in [0.4, 0.5) is 4.79 Å². The number of amides is 2. The Hall–Kier alpha value is -2.93. The van der Waals surface area contributed by atoms with Gasteiger partial charge in [-0.3, -0.25) is 14.5 Å². The van der Waals surface area contributed by atoms with Crippen molar-refractivity contribution < 1.29 is 23.8 Å². The molecule has 0 aromatic heterocycles. The van der Waals surface area contributed by atoms with Gasteiger partial charge in [-0.05, 0) is 49.4 Å². The van der Waals surface area contributed by atoms with Crippen molar-refractivity contribution >= 4 is 29.0 Å². The van der Waals surface area contributed by atoms with Gasteiger partial charge in [0.15, 0.2) is 11.5 Å². The van der Waals surface area contributed by atoms with Gasteiger partial charge in [0.05, 0.1) is 24.7 Å². The maximum atomic E-state index is 12.8. The van der Waals surface area contributed by atoms with E-state index < -0.39 is 0 Å². The summed E-state index contributed by atoms with van der Waals surface area (Å²) >= 11 is 0.927. The summed E-state index contributed by atoms with van der Waals surface area (Å²) in [6, 6.07) is 14.7. The Morgan fingerprint density at radius 1 is 1.03 bits per heavy atom. The summed E-state index contributed by atoms with van der Waals surface area (Å²) in [5, 5.41) is -0.310. The van der Waals surface area contributed by atoms with Crippen LogP contribution in [0.3, 0.4) is 0 Å². The molecule has 1 saturated heterocycles. The van der Waals surface area contributed by atoms with Crippen molar-refractivity contribution in [2.24, 2.45) is 0 Å². The second kappa shape index (κ2) is 10.2. The number of ether oxygens (including phenoxy) is 3. The Bertz CT molecular complexity index is 943. The van der Waals surface area contributed by atoms with Crippen molar-refractivity contribution in [1.29, 1.82) is 0 Å². The van der Waals surface area contributed by atoms with E-state index in [1.54, 1.807) is 25.3 Å². The molecule has 7 heteroatoms. The van der Waals surface area contributed by atoms with Crippen LogP contribution in [0.5, 0.6) is 17.2 Å². The number of hydrogen-bond acceptors (Lipinski definition) is 6. The monoisotopic (exact) mass is 427 g/mol. The number of nitrogens with zero attached hydrogens (tertiary/aromatic N) is 1. The molecule has 1 unspecified atom stereocenters. The van der Waals surface area contributed by atoms with Crippen molar-refractivity contribution in [3.63, 3.8) is 0 Å². The molecule has 2 aromatic carbocycles. The number of carbonyl (C=O) groups is 2. The van der Waals surface area contributed by atoms with Crippen molar-refractivity contribution in [3.05, 3.63) is 59.0 Å². The highest BCUT2D eigenvalue weighted by Gasteiger charge is 2.35. The van der Waals surface area contributed by atoms with E-state index in [2.05, 4.69) is 0 Å². The molecule has 30 heavy (non-hydrogen) atoms. The standard InChI is InChI=1S/C23H25NO5S/c1-4-16(2)29-18-10-6-5-9-17(18)15-21-22(25)24(23(26)30-21)13-14-28-20-12-8-7-11-19(20)27-3/h5-12,15-16H,4,13-14H2,1-3H3/b21-15-. The molecule has 0 aliphatic carbocycles. The van der Waals surface area contributed by atoms with Gasteiger partial charge in [-0.25, -0.2) is 0 Å². The fraction of sp³-hybridized carbons (Fsp3) is 0.304. The number of thioether (sulfide) groups is 1. The molecule has 2 aromatic rings. The Labute approximate surface area is 180 Å². The fourth-order valence-electron chi connectivity index (χ4n) is 2.83. The average Bonchev–Trinajstić information content (AvgIpc) is 3.02. The first-order valence-corrected chi connectivity index (χ1v) is 10.6. The molecule has 1 fully saturated rings. The first-order chi connectivity index (χ1) is 14.5. The Kier molecular flexibility index (Phi) is 7.41. The van der Waals surface area contributed by atoms with E-state index in [0.29, 0.717) is 22.2 Å².